The molecule has 0 bridgehead atoms. The third kappa shape index (κ3) is 1.37. The highest BCUT2D eigenvalue weighted by Crippen LogP contribution is 2.20. The first-order chi connectivity index (χ1) is 6.59. The summed E-state index contributed by atoms with van der Waals surface area (Å²) in [6, 6.07) is 5.01. The van der Waals surface area contributed by atoms with Gasteiger partial charge < -0.3 is 5.11 Å². The van der Waals surface area contributed by atoms with Crippen LogP contribution in [-0.4, -0.2) is 20.9 Å². The smallest absolute Gasteiger partial charge is 0.335 e. The van der Waals surface area contributed by atoms with E-state index in [9.17, 15) is 4.79 Å². The molecule has 0 fully saturated rings. The number of carboxylic acids is 1. The lowest BCUT2D eigenvalue weighted by Gasteiger charge is -1.96. The number of carboxylic acid groups (broad SMARTS) is 1. The van der Waals surface area contributed by atoms with Crippen LogP contribution in [0.1, 0.15) is 10.4 Å². The van der Waals surface area contributed by atoms with E-state index < -0.39 is 5.97 Å². The first kappa shape index (κ1) is 9.45. The topological polar surface area (TPSA) is 55.1 Å². The van der Waals surface area contributed by atoms with Crippen molar-refractivity contribution in [2.45, 2.75) is 0 Å². The van der Waals surface area contributed by atoms with Crippen molar-refractivity contribution in [3.8, 4) is 0 Å². The highest BCUT2D eigenvalue weighted by Gasteiger charge is 2.09. The summed E-state index contributed by atoms with van der Waals surface area (Å²) in [6.07, 6.45) is 0. The Kier molecular flexibility index (Phi) is 2.18. The zero-order valence-electron chi connectivity index (χ0n) is 7.36. The maximum Gasteiger partial charge on any atom is 0.335 e. The molecule has 0 atom stereocenters. The highest BCUT2D eigenvalue weighted by atomic mass is 127. The summed E-state index contributed by atoms with van der Waals surface area (Å²) in [5, 5.41) is 14.0. The Labute approximate surface area is 93.7 Å². The minimum absolute atomic E-state index is 0.289. The number of nitrogens with zero attached hydrogens (tertiary/aromatic N) is 2. The first-order valence-corrected chi connectivity index (χ1v) is 5.03. The van der Waals surface area contributed by atoms with Gasteiger partial charge in [0.1, 0.15) is 3.70 Å². The standard InChI is InChI=1S/C9H7IN2O2/c1-12-7-4-5(9(13)14)2-3-6(7)8(10)11-12/h2-4H,1H3,(H,13,14). The Balaban J connectivity index is 2.77. The van der Waals surface area contributed by atoms with E-state index in [0.29, 0.717) is 0 Å². The molecule has 0 aliphatic heterocycles. The quantitative estimate of drug-likeness (QED) is 0.818. The SMILES string of the molecule is Cn1nc(I)c2ccc(C(=O)O)cc21. The largest absolute Gasteiger partial charge is 0.478 e. The summed E-state index contributed by atoms with van der Waals surface area (Å²) in [5.74, 6) is -0.914. The van der Waals surface area contributed by atoms with Gasteiger partial charge in [-0.25, -0.2) is 4.79 Å². The van der Waals surface area contributed by atoms with Gasteiger partial charge in [-0.1, -0.05) is 0 Å². The fourth-order valence-corrected chi connectivity index (χ4v) is 2.13. The van der Waals surface area contributed by atoms with Gasteiger partial charge in [0.2, 0.25) is 0 Å². The van der Waals surface area contributed by atoms with Crippen LogP contribution in [0.3, 0.4) is 0 Å². The maximum absolute atomic E-state index is 10.7. The lowest BCUT2D eigenvalue weighted by Crippen LogP contribution is -1.96. The Bertz CT molecular complexity index is 519. The molecular weight excluding hydrogens is 295 g/mol. The van der Waals surface area contributed by atoms with Crippen molar-refractivity contribution in [3.05, 3.63) is 27.5 Å². The van der Waals surface area contributed by atoms with Crippen molar-refractivity contribution < 1.29 is 9.90 Å². The molecule has 0 unspecified atom stereocenters. The van der Waals surface area contributed by atoms with E-state index >= 15 is 0 Å². The van der Waals surface area contributed by atoms with Crippen LogP contribution in [0.15, 0.2) is 18.2 Å². The molecule has 1 aromatic heterocycles. The van der Waals surface area contributed by atoms with Crippen LogP contribution in [-0.2, 0) is 7.05 Å². The van der Waals surface area contributed by atoms with Gasteiger partial charge in [0, 0.05) is 12.4 Å². The number of aromatic carboxylic acids is 1. The van der Waals surface area contributed by atoms with Crippen LogP contribution in [0.4, 0.5) is 0 Å². The molecule has 0 aliphatic carbocycles. The van der Waals surface area contributed by atoms with E-state index in [4.69, 9.17) is 5.11 Å². The van der Waals surface area contributed by atoms with Crippen molar-refractivity contribution in [2.24, 2.45) is 7.05 Å². The summed E-state index contributed by atoms with van der Waals surface area (Å²) in [7, 11) is 1.80. The van der Waals surface area contributed by atoms with Crippen molar-refractivity contribution in [1.82, 2.24) is 9.78 Å². The van der Waals surface area contributed by atoms with E-state index in [1.807, 2.05) is 0 Å². The molecule has 14 heavy (non-hydrogen) atoms. The maximum atomic E-state index is 10.7. The Morgan fingerprint density at radius 3 is 2.93 bits per heavy atom. The zero-order valence-corrected chi connectivity index (χ0v) is 9.52. The molecule has 1 N–H and O–H groups in total. The first-order valence-electron chi connectivity index (χ1n) is 3.95. The van der Waals surface area contributed by atoms with Crippen LogP contribution in [0, 0.1) is 3.70 Å². The number of carbonyl (C=O) groups is 1. The molecule has 4 nitrogen and oxygen atoms in total. The Morgan fingerprint density at radius 2 is 2.29 bits per heavy atom. The summed E-state index contributed by atoms with van der Waals surface area (Å²) < 4.78 is 2.57. The normalized spacial score (nSPS) is 10.7. The number of hydrogen-bond donors (Lipinski definition) is 1. The monoisotopic (exact) mass is 302 g/mol. The minimum Gasteiger partial charge on any atom is -0.478 e. The van der Waals surface area contributed by atoms with Crippen LogP contribution in [0.5, 0.6) is 0 Å². The molecule has 1 aromatic carbocycles. The number of hydrogen-bond acceptors (Lipinski definition) is 2. The third-order valence-corrected chi connectivity index (χ3v) is 2.85. The molecule has 0 radical (unpaired) electrons. The van der Waals surface area contributed by atoms with Crippen molar-refractivity contribution >= 4 is 39.5 Å². The minimum atomic E-state index is -0.914. The zero-order chi connectivity index (χ0) is 10.3. The second-order valence-electron chi connectivity index (χ2n) is 2.95. The molecule has 0 spiro atoms. The molecule has 0 aliphatic rings. The predicted octanol–water partition coefficient (Wildman–Crippen LogP) is 1.88. The Morgan fingerprint density at radius 1 is 1.57 bits per heavy atom. The number of fused-ring (bicyclic) bond motifs is 1. The van der Waals surface area contributed by atoms with Gasteiger partial charge >= 0.3 is 5.97 Å². The van der Waals surface area contributed by atoms with Gasteiger partial charge in [-0.15, -0.1) is 0 Å². The molecule has 0 saturated carbocycles. The average molecular weight is 302 g/mol. The fraction of sp³-hybridized carbons (Fsp3) is 0.111. The number of aryl methyl sites for hydroxylation is 1. The fourth-order valence-electron chi connectivity index (χ4n) is 1.35. The van der Waals surface area contributed by atoms with Crippen molar-refractivity contribution in [1.29, 1.82) is 0 Å². The molecule has 1 heterocycles. The molecular formula is C9H7IN2O2. The predicted molar refractivity (Wildman–Crippen MR) is 60.4 cm³/mol. The van der Waals surface area contributed by atoms with Crippen molar-refractivity contribution in [2.75, 3.05) is 0 Å². The second kappa shape index (κ2) is 3.23. The molecule has 2 aromatic rings. The summed E-state index contributed by atoms with van der Waals surface area (Å²) in [4.78, 5) is 10.7. The van der Waals surface area contributed by atoms with Gasteiger partial charge in [-0.05, 0) is 40.8 Å². The number of aromatic nitrogens is 2. The van der Waals surface area contributed by atoms with E-state index in [-0.39, 0.29) is 5.56 Å². The highest BCUT2D eigenvalue weighted by molar-refractivity contribution is 14.1. The molecule has 0 saturated heterocycles. The number of rotatable bonds is 1. The van der Waals surface area contributed by atoms with Crippen LogP contribution in [0.2, 0.25) is 0 Å². The van der Waals surface area contributed by atoms with Crippen molar-refractivity contribution in [3.63, 3.8) is 0 Å². The lowest BCUT2D eigenvalue weighted by atomic mass is 10.2. The van der Waals surface area contributed by atoms with Gasteiger partial charge in [0.05, 0.1) is 11.1 Å². The van der Waals surface area contributed by atoms with E-state index in [1.54, 1.807) is 29.9 Å². The van der Waals surface area contributed by atoms with Gasteiger partial charge in [-0.2, -0.15) is 5.10 Å². The van der Waals surface area contributed by atoms with E-state index in [1.165, 1.54) is 0 Å². The third-order valence-electron chi connectivity index (χ3n) is 2.05. The second-order valence-corrected chi connectivity index (χ2v) is 3.97. The summed E-state index contributed by atoms with van der Waals surface area (Å²) >= 11 is 2.13. The van der Waals surface area contributed by atoms with Crippen LogP contribution >= 0.6 is 22.6 Å². The Hall–Kier alpha value is -1.11. The molecule has 0 amide bonds. The number of benzene rings is 1. The number of halogens is 1. The average Bonchev–Trinajstić information content (AvgIpc) is 2.42. The summed E-state index contributed by atoms with van der Waals surface area (Å²) in [5.41, 5.74) is 1.13. The molecule has 72 valence electrons. The summed E-state index contributed by atoms with van der Waals surface area (Å²) in [6.45, 7) is 0. The van der Waals surface area contributed by atoms with Gasteiger partial charge in [0.15, 0.2) is 0 Å². The molecule has 2 rings (SSSR count). The molecule has 5 heteroatoms. The van der Waals surface area contributed by atoms with E-state index in [2.05, 4.69) is 27.7 Å². The lowest BCUT2D eigenvalue weighted by molar-refractivity contribution is 0.0697. The van der Waals surface area contributed by atoms with Crippen LogP contribution < -0.4 is 0 Å². The van der Waals surface area contributed by atoms with Gasteiger partial charge in [-0.3, -0.25) is 4.68 Å². The van der Waals surface area contributed by atoms with Gasteiger partial charge in [0.25, 0.3) is 0 Å². The van der Waals surface area contributed by atoms with E-state index in [0.717, 1.165) is 14.6 Å². The van der Waals surface area contributed by atoms with Crippen LogP contribution in [0.25, 0.3) is 10.9 Å².